The zero-order valence-corrected chi connectivity index (χ0v) is 14.3. The van der Waals surface area contributed by atoms with Crippen LogP contribution >= 0.6 is 0 Å². The first-order valence-electron chi connectivity index (χ1n) is 8.31. The number of piperazine rings is 1. The van der Waals surface area contributed by atoms with Crippen LogP contribution in [-0.4, -0.2) is 53.8 Å². The Kier molecular flexibility index (Phi) is 6.89. The van der Waals surface area contributed by atoms with Crippen molar-refractivity contribution in [3.05, 3.63) is 61.0 Å². The third-order valence-electron chi connectivity index (χ3n) is 4.19. The smallest absolute Gasteiger partial charge is 0.237 e. The fourth-order valence-electron chi connectivity index (χ4n) is 2.90. The van der Waals surface area contributed by atoms with Crippen LogP contribution in [0.2, 0.25) is 0 Å². The van der Waals surface area contributed by atoms with Gasteiger partial charge in [-0.1, -0.05) is 30.4 Å². The average molecular weight is 345 g/mol. The molecule has 1 aliphatic heterocycles. The molecule has 0 spiro atoms. The minimum absolute atomic E-state index is 0.0436. The van der Waals surface area contributed by atoms with E-state index in [2.05, 4.69) is 18.5 Å². The molecule has 0 radical (unpaired) electrons. The lowest BCUT2D eigenvalue weighted by molar-refractivity contribution is -0.138. The predicted molar refractivity (Wildman–Crippen MR) is 95.2 cm³/mol. The Morgan fingerprint density at radius 3 is 2.64 bits per heavy atom. The maximum Gasteiger partial charge on any atom is 0.237 e. The van der Waals surface area contributed by atoms with Crippen LogP contribution in [0.4, 0.5) is 4.39 Å². The highest BCUT2D eigenvalue weighted by atomic mass is 19.1. The fraction of sp³-hybridized carbons (Fsp3) is 0.368. The predicted octanol–water partition coefficient (Wildman–Crippen LogP) is 1.72. The van der Waals surface area contributed by atoms with E-state index in [-0.39, 0.29) is 24.1 Å². The van der Waals surface area contributed by atoms with Crippen molar-refractivity contribution in [2.45, 2.75) is 19.0 Å². The van der Waals surface area contributed by atoms with Gasteiger partial charge in [0.2, 0.25) is 11.8 Å². The molecule has 1 aliphatic rings. The Hall–Kier alpha value is -2.47. The van der Waals surface area contributed by atoms with E-state index in [9.17, 15) is 14.0 Å². The summed E-state index contributed by atoms with van der Waals surface area (Å²) in [5.74, 6) is -0.660. The first kappa shape index (κ1) is 18.9. The lowest BCUT2D eigenvalue weighted by atomic mass is 10.1. The van der Waals surface area contributed by atoms with Crippen LogP contribution in [-0.2, 0) is 16.1 Å². The van der Waals surface area contributed by atoms with Gasteiger partial charge in [-0.15, -0.1) is 13.2 Å². The molecule has 1 aromatic rings. The third-order valence-corrected chi connectivity index (χ3v) is 4.19. The summed E-state index contributed by atoms with van der Waals surface area (Å²) in [4.78, 5) is 28.3. The number of hydrogen-bond acceptors (Lipinski definition) is 3. The summed E-state index contributed by atoms with van der Waals surface area (Å²) in [5.41, 5.74) is 0.517. The van der Waals surface area contributed by atoms with Gasteiger partial charge in [-0.05, 0) is 6.07 Å². The molecule has 5 nitrogen and oxygen atoms in total. The highest BCUT2D eigenvalue weighted by molar-refractivity contribution is 5.89. The monoisotopic (exact) mass is 345 g/mol. The Labute approximate surface area is 147 Å². The lowest BCUT2D eigenvalue weighted by Gasteiger charge is -2.35. The van der Waals surface area contributed by atoms with Crippen LogP contribution in [0.25, 0.3) is 0 Å². The summed E-state index contributed by atoms with van der Waals surface area (Å²) in [5, 5.41) is 2.79. The van der Waals surface area contributed by atoms with Crippen molar-refractivity contribution >= 4 is 11.8 Å². The molecule has 0 bridgehead atoms. The van der Waals surface area contributed by atoms with Crippen LogP contribution in [0.1, 0.15) is 12.0 Å². The van der Waals surface area contributed by atoms with E-state index in [1.165, 1.54) is 6.07 Å². The van der Waals surface area contributed by atoms with Gasteiger partial charge in [0.25, 0.3) is 0 Å². The van der Waals surface area contributed by atoms with Crippen molar-refractivity contribution in [1.29, 1.82) is 0 Å². The van der Waals surface area contributed by atoms with Gasteiger partial charge in [-0.25, -0.2) is 4.39 Å². The average Bonchev–Trinajstić information content (AvgIpc) is 2.59. The number of carbonyl (C=O) groups is 2. The van der Waals surface area contributed by atoms with Crippen LogP contribution in [0.5, 0.6) is 0 Å². The minimum Gasteiger partial charge on any atom is -0.353 e. The summed E-state index contributed by atoms with van der Waals surface area (Å²) in [6.07, 6.45) is 3.32. The van der Waals surface area contributed by atoms with Gasteiger partial charge in [0, 0.05) is 38.3 Å². The van der Waals surface area contributed by atoms with E-state index in [4.69, 9.17) is 0 Å². The molecule has 1 N–H and O–H groups in total. The van der Waals surface area contributed by atoms with Gasteiger partial charge in [0.15, 0.2) is 0 Å². The lowest BCUT2D eigenvalue weighted by Crippen LogP contribution is -2.56. The summed E-state index contributed by atoms with van der Waals surface area (Å²) in [7, 11) is 0. The largest absolute Gasteiger partial charge is 0.353 e. The first-order chi connectivity index (χ1) is 12.1. The van der Waals surface area contributed by atoms with Crippen LogP contribution in [0.15, 0.2) is 49.6 Å². The molecule has 6 heteroatoms. The molecular weight excluding hydrogens is 321 g/mol. The molecule has 1 heterocycles. The van der Waals surface area contributed by atoms with Crippen LogP contribution in [0.3, 0.4) is 0 Å². The summed E-state index contributed by atoms with van der Waals surface area (Å²) in [6, 6.07) is 5.87. The Balaban J connectivity index is 2.12. The number of amides is 2. The van der Waals surface area contributed by atoms with Crippen molar-refractivity contribution in [2.24, 2.45) is 0 Å². The molecule has 25 heavy (non-hydrogen) atoms. The van der Waals surface area contributed by atoms with Gasteiger partial charge in [0.1, 0.15) is 5.82 Å². The van der Waals surface area contributed by atoms with Crippen molar-refractivity contribution in [3.8, 4) is 0 Å². The maximum absolute atomic E-state index is 13.9. The number of halogens is 1. The number of hydrogen-bond donors (Lipinski definition) is 1. The molecule has 2 amide bonds. The van der Waals surface area contributed by atoms with Crippen molar-refractivity contribution in [3.63, 3.8) is 0 Å². The third kappa shape index (κ3) is 5.00. The molecule has 0 aliphatic carbocycles. The fourth-order valence-corrected chi connectivity index (χ4v) is 2.90. The molecule has 0 saturated carbocycles. The van der Waals surface area contributed by atoms with Gasteiger partial charge in [0.05, 0.1) is 12.5 Å². The van der Waals surface area contributed by atoms with Gasteiger partial charge in [-0.2, -0.15) is 0 Å². The summed E-state index contributed by atoms with van der Waals surface area (Å²) in [6.45, 7) is 9.44. The highest BCUT2D eigenvalue weighted by Gasteiger charge is 2.33. The maximum atomic E-state index is 13.9. The Morgan fingerprint density at radius 1 is 1.32 bits per heavy atom. The normalized spacial score (nSPS) is 17.6. The molecule has 1 fully saturated rings. The molecule has 1 atom stereocenters. The zero-order chi connectivity index (χ0) is 18.2. The number of benzene rings is 1. The second-order valence-corrected chi connectivity index (χ2v) is 5.95. The van der Waals surface area contributed by atoms with E-state index in [0.29, 0.717) is 38.3 Å². The molecule has 0 unspecified atom stereocenters. The number of nitrogens with zero attached hydrogens (tertiary/aromatic N) is 2. The summed E-state index contributed by atoms with van der Waals surface area (Å²) < 4.78 is 13.9. The number of carbonyl (C=O) groups excluding carboxylic acids is 2. The van der Waals surface area contributed by atoms with E-state index < -0.39 is 6.04 Å². The van der Waals surface area contributed by atoms with Gasteiger partial charge in [-0.3, -0.25) is 14.5 Å². The molecular formula is C19H24FN3O2. The Morgan fingerprint density at radius 2 is 2.00 bits per heavy atom. The summed E-state index contributed by atoms with van der Waals surface area (Å²) >= 11 is 0. The highest BCUT2D eigenvalue weighted by Crippen LogP contribution is 2.17. The standard InChI is InChI=1S/C19H24FN3O2/c1-3-10-22(11-4-2)18(24)13-17-19(25)21-9-12-23(17)14-15-7-5-6-8-16(15)20/h3-8,17H,1-2,9-14H2,(H,21,25)/t17-/m1/s1. The van der Waals surface area contributed by atoms with Crippen molar-refractivity contribution in [1.82, 2.24) is 15.1 Å². The quantitative estimate of drug-likeness (QED) is 0.730. The van der Waals surface area contributed by atoms with Crippen molar-refractivity contribution in [2.75, 3.05) is 26.2 Å². The van der Waals surface area contributed by atoms with E-state index in [1.807, 2.05) is 4.90 Å². The number of rotatable bonds is 8. The molecule has 134 valence electrons. The molecule has 1 aromatic carbocycles. The van der Waals surface area contributed by atoms with Crippen LogP contribution < -0.4 is 5.32 Å². The second-order valence-electron chi connectivity index (χ2n) is 5.95. The minimum atomic E-state index is -0.613. The number of nitrogens with one attached hydrogen (secondary N) is 1. The zero-order valence-electron chi connectivity index (χ0n) is 14.3. The molecule has 2 rings (SSSR count). The van der Waals surface area contributed by atoms with E-state index >= 15 is 0 Å². The first-order valence-corrected chi connectivity index (χ1v) is 8.31. The van der Waals surface area contributed by atoms with Gasteiger partial charge >= 0.3 is 0 Å². The molecule has 0 aromatic heterocycles. The van der Waals surface area contributed by atoms with Gasteiger partial charge < -0.3 is 10.2 Å². The second kappa shape index (κ2) is 9.13. The SMILES string of the molecule is C=CCN(CC=C)C(=O)C[C@@H]1C(=O)NCCN1Cc1ccccc1F. The molecule has 1 saturated heterocycles. The topological polar surface area (TPSA) is 52.7 Å². The van der Waals surface area contributed by atoms with Crippen molar-refractivity contribution < 1.29 is 14.0 Å². The van der Waals surface area contributed by atoms with E-state index in [0.717, 1.165) is 0 Å². The van der Waals surface area contributed by atoms with E-state index in [1.54, 1.807) is 35.3 Å². The van der Waals surface area contributed by atoms with Crippen LogP contribution in [0, 0.1) is 5.82 Å². The Bertz CT molecular complexity index is 637.